The van der Waals surface area contributed by atoms with Crippen LogP contribution in [0.3, 0.4) is 0 Å². The van der Waals surface area contributed by atoms with E-state index in [9.17, 15) is 4.79 Å². The predicted octanol–water partition coefficient (Wildman–Crippen LogP) is 2.87. The summed E-state index contributed by atoms with van der Waals surface area (Å²) in [5.74, 6) is 0.00241. The maximum atomic E-state index is 12.3. The Hall–Kier alpha value is -1.88. The van der Waals surface area contributed by atoms with Gasteiger partial charge in [-0.3, -0.25) is 4.79 Å². The Morgan fingerprint density at radius 3 is 2.74 bits per heavy atom. The summed E-state index contributed by atoms with van der Waals surface area (Å²) in [6.45, 7) is 2.59. The molecule has 4 nitrogen and oxygen atoms in total. The maximum absolute atomic E-state index is 12.3. The van der Waals surface area contributed by atoms with Crippen LogP contribution < -0.4 is 16.2 Å². The highest BCUT2D eigenvalue weighted by molar-refractivity contribution is 6.30. The molecule has 0 aliphatic carbocycles. The fourth-order valence-corrected chi connectivity index (χ4v) is 2.89. The van der Waals surface area contributed by atoms with E-state index in [4.69, 9.17) is 11.6 Å². The van der Waals surface area contributed by atoms with Crippen molar-refractivity contribution in [3.8, 4) is 0 Å². The lowest BCUT2D eigenvalue weighted by Gasteiger charge is -2.11. The SMILES string of the molecule is Cc1ccc(CNC(=O)C2CC(c3cccc(Cl)c3)NN2)cc1. The third-order valence-corrected chi connectivity index (χ3v) is 4.29. The lowest BCUT2D eigenvalue weighted by atomic mass is 10.0. The standard InChI is InChI=1S/C18H20ClN3O/c1-12-5-7-13(8-6-12)11-20-18(23)17-10-16(21-22-17)14-3-2-4-15(19)9-14/h2-9,16-17,21-22H,10-11H2,1H3,(H,20,23). The molecule has 0 radical (unpaired) electrons. The van der Waals surface area contributed by atoms with Crippen molar-refractivity contribution in [2.24, 2.45) is 0 Å². The molecule has 1 aliphatic heterocycles. The summed E-state index contributed by atoms with van der Waals surface area (Å²) in [5, 5.41) is 3.68. The van der Waals surface area contributed by atoms with Crippen LogP contribution in [0.1, 0.15) is 29.2 Å². The maximum Gasteiger partial charge on any atom is 0.238 e. The van der Waals surface area contributed by atoms with Gasteiger partial charge in [0, 0.05) is 17.6 Å². The number of amides is 1. The molecule has 3 rings (SSSR count). The number of rotatable bonds is 4. The van der Waals surface area contributed by atoms with Gasteiger partial charge in [-0.25, -0.2) is 10.9 Å². The fraction of sp³-hybridized carbons (Fsp3) is 0.278. The Morgan fingerprint density at radius 1 is 1.22 bits per heavy atom. The minimum Gasteiger partial charge on any atom is -0.351 e. The summed E-state index contributed by atoms with van der Waals surface area (Å²) in [5.41, 5.74) is 9.63. The van der Waals surface area contributed by atoms with Crippen molar-refractivity contribution in [1.29, 1.82) is 0 Å². The average molecular weight is 330 g/mol. The first-order valence-corrected chi connectivity index (χ1v) is 8.09. The molecule has 2 aromatic carbocycles. The van der Waals surface area contributed by atoms with Gasteiger partial charge in [0.05, 0.1) is 0 Å². The first kappa shape index (κ1) is 16.0. The van der Waals surface area contributed by atoms with Crippen LogP contribution in [0.4, 0.5) is 0 Å². The van der Waals surface area contributed by atoms with Gasteiger partial charge in [0.1, 0.15) is 6.04 Å². The molecule has 1 aliphatic rings. The lowest BCUT2D eigenvalue weighted by molar-refractivity contribution is -0.123. The van der Waals surface area contributed by atoms with E-state index in [0.717, 1.165) is 11.1 Å². The van der Waals surface area contributed by atoms with E-state index in [0.29, 0.717) is 18.0 Å². The van der Waals surface area contributed by atoms with Gasteiger partial charge >= 0.3 is 0 Å². The minimum absolute atomic E-state index is 0.00241. The summed E-state index contributed by atoms with van der Waals surface area (Å²) in [7, 11) is 0. The van der Waals surface area contributed by atoms with Gasteiger partial charge < -0.3 is 5.32 Å². The van der Waals surface area contributed by atoms with Crippen LogP contribution >= 0.6 is 11.6 Å². The number of hydrogen-bond donors (Lipinski definition) is 3. The molecule has 1 amide bonds. The molecule has 23 heavy (non-hydrogen) atoms. The molecule has 1 heterocycles. The molecule has 0 aromatic heterocycles. The first-order chi connectivity index (χ1) is 11.1. The molecule has 2 aromatic rings. The van der Waals surface area contributed by atoms with Crippen molar-refractivity contribution in [1.82, 2.24) is 16.2 Å². The zero-order chi connectivity index (χ0) is 16.2. The highest BCUT2D eigenvalue weighted by Gasteiger charge is 2.29. The summed E-state index contributed by atoms with van der Waals surface area (Å²) < 4.78 is 0. The molecule has 0 spiro atoms. The zero-order valence-electron chi connectivity index (χ0n) is 13.0. The quantitative estimate of drug-likeness (QED) is 0.808. The number of hydrogen-bond acceptors (Lipinski definition) is 3. The van der Waals surface area contributed by atoms with E-state index in [-0.39, 0.29) is 18.0 Å². The van der Waals surface area contributed by atoms with Crippen LogP contribution in [0.15, 0.2) is 48.5 Å². The smallest absolute Gasteiger partial charge is 0.238 e. The number of benzene rings is 2. The van der Waals surface area contributed by atoms with Crippen LogP contribution in [-0.4, -0.2) is 11.9 Å². The number of carbonyl (C=O) groups excluding carboxylic acids is 1. The Labute approximate surface area is 141 Å². The molecule has 0 saturated carbocycles. The highest BCUT2D eigenvalue weighted by Crippen LogP contribution is 2.24. The first-order valence-electron chi connectivity index (χ1n) is 7.71. The molecule has 3 N–H and O–H groups in total. The van der Waals surface area contributed by atoms with Gasteiger partial charge in [0.25, 0.3) is 0 Å². The third-order valence-electron chi connectivity index (χ3n) is 4.06. The van der Waals surface area contributed by atoms with E-state index in [1.807, 2.05) is 55.5 Å². The minimum atomic E-state index is -0.246. The van der Waals surface area contributed by atoms with Crippen molar-refractivity contribution in [2.75, 3.05) is 0 Å². The number of carbonyl (C=O) groups is 1. The van der Waals surface area contributed by atoms with Gasteiger partial charge in [-0.2, -0.15) is 0 Å². The van der Waals surface area contributed by atoms with Crippen LogP contribution in [-0.2, 0) is 11.3 Å². The summed E-state index contributed by atoms with van der Waals surface area (Å²) in [6, 6.07) is 15.7. The molecular weight excluding hydrogens is 310 g/mol. The molecule has 2 atom stereocenters. The molecule has 120 valence electrons. The zero-order valence-corrected chi connectivity index (χ0v) is 13.7. The normalized spacial score (nSPS) is 20.4. The van der Waals surface area contributed by atoms with Crippen molar-refractivity contribution in [2.45, 2.75) is 32.0 Å². The second-order valence-electron chi connectivity index (χ2n) is 5.89. The number of hydrazine groups is 1. The fourth-order valence-electron chi connectivity index (χ4n) is 2.69. The Morgan fingerprint density at radius 2 is 2.00 bits per heavy atom. The average Bonchev–Trinajstić information content (AvgIpc) is 3.04. The van der Waals surface area contributed by atoms with Gasteiger partial charge in [-0.1, -0.05) is 53.6 Å². The number of aryl methyl sites for hydroxylation is 1. The predicted molar refractivity (Wildman–Crippen MR) is 91.9 cm³/mol. The van der Waals surface area contributed by atoms with Gasteiger partial charge in [-0.05, 0) is 36.6 Å². The van der Waals surface area contributed by atoms with E-state index in [1.165, 1.54) is 5.56 Å². The summed E-state index contributed by atoms with van der Waals surface area (Å²) >= 11 is 6.02. The van der Waals surface area contributed by atoms with Crippen LogP contribution in [0.2, 0.25) is 5.02 Å². The molecule has 1 fully saturated rings. The lowest BCUT2D eigenvalue weighted by Crippen LogP contribution is -2.42. The van der Waals surface area contributed by atoms with E-state index in [2.05, 4.69) is 16.2 Å². The second-order valence-corrected chi connectivity index (χ2v) is 6.32. The topological polar surface area (TPSA) is 53.2 Å². The monoisotopic (exact) mass is 329 g/mol. The second kappa shape index (κ2) is 7.13. The van der Waals surface area contributed by atoms with Crippen molar-refractivity contribution in [3.05, 3.63) is 70.2 Å². The highest BCUT2D eigenvalue weighted by atomic mass is 35.5. The van der Waals surface area contributed by atoms with Gasteiger partial charge in [0.15, 0.2) is 0 Å². The van der Waals surface area contributed by atoms with Crippen LogP contribution in [0.25, 0.3) is 0 Å². The molecular formula is C18H20ClN3O. The Kier molecular flexibility index (Phi) is 4.96. The Bertz CT molecular complexity index is 687. The number of nitrogens with one attached hydrogen (secondary N) is 3. The van der Waals surface area contributed by atoms with Gasteiger partial charge in [0.2, 0.25) is 5.91 Å². The molecule has 5 heteroatoms. The Balaban J connectivity index is 1.54. The largest absolute Gasteiger partial charge is 0.351 e. The molecule has 1 saturated heterocycles. The van der Waals surface area contributed by atoms with Gasteiger partial charge in [-0.15, -0.1) is 0 Å². The van der Waals surface area contributed by atoms with Crippen LogP contribution in [0, 0.1) is 6.92 Å². The van der Waals surface area contributed by atoms with E-state index < -0.39 is 0 Å². The summed E-state index contributed by atoms with van der Waals surface area (Å²) in [6.07, 6.45) is 0.695. The molecule has 2 unspecified atom stereocenters. The molecule has 0 bridgehead atoms. The van der Waals surface area contributed by atoms with E-state index >= 15 is 0 Å². The van der Waals surface area contributed by atoms with Crippen molar-refractivity contribution >= 4 is 17.5 Å². The third kappa shape index (κ3) is 4.10. The van der Waals surface area contributed by atoms with Crippen LogP contribution in [0.5, 0.6) is 0 Å². The number of halogens is 1. The van der Waals surface area contributed by atoms with Crippen molar-refractivity contribution in [3.63, 3.8) is 0 Å². The van der Waals surface area contributed by atoms with Crippen molar-refractivity contribution < 1.29 is 4.79 Å². The van der Waals surface area contributed by atoms with E-state index in [1.54, 1.807) is 0 Å². The summed E-state index contributed by atoms with van der Waals surface area (Å²) in [4.78, 5) is 12.3.